The fraction of sp³-hybridized carbons (Fsp3) is 0.206. The maximum absolute atomic E-state index is 13.5. The summed E-state index contributed by atoms with van der Waals surface area (Å²) in [5.41, 5.74) is 8.86. The largest absolute Gasteiger partial charge is 0.359 e. The smallest absolute Gasteiger partial charge is 0.181 e. The number of H-pyrrole nitrogens is 2. The molecule has 0 amide bonds. The quantitative estimate of drug-likeness (QED) is 0.171. The van der Waals surface area contributed by atoms with Gasteiger partial charge in [0, 0.05) is 51.2 Å². The first-order chi connectivity index (χ1) is 20.0. The molecule has 1 fully saturated rings. The normalized spacial score (nSPS) is 15.0. The molecule has 7 heteroatoms. The summed E-state index contributed by atoms with van der Waals surface area (Å²) in [6, 6.07) is 12.5. The maximum Gasteiger partial charge on any atom is 0.181 e. The number of allylic oxidation sites excluding steroid dienone is 5. The van der Waals surface area contributed by atoms with Crippen LogP contribution in [0.15, 0.2) is 97.6 Å². The van der Waals surface area contributed by atoms with Crippen molar-refractivity contribution in [2.45, 2.75) is 39.0 Å². The average Bonchev–Trinajstić information content (AvgIpc) is 3.64. The third-order valence-electron chi connectivity index (χ3n) is 7.92. The second kappa shape index (κ2) is 11.4. The number of nitrogens with one attached hydrogen (secondary N) is 3. The average molecular weight is 545 g/mol. The first-order valence-electron chi connectivity index (χ1n) is 14.1. The minimum Gasteiger partial charge on any atom is -0.359 e. The van der Waals surface area contributed by atoms with E-state index in [4.69, 9.17) is 0 Å². The Balaban J connectivity index is 1.33. The van der Waals surface area contributed by atoms with Crippen LogP contribution in [0.3, 0.4) is 0 Å². The number of fused-ring (bicyclic) bond motifs is 2. The van der Waals surface area contributed by atoms with Crippen molar-refractivity contribution in [3.8, 4) is 22.6 Å². The molecular weight excluding hydrogens is 511 g/mol. The molecule has 1 aromatic carbocycles. The lowest BCUT2D eigenvalue weighted by Gasteiger charge is -2.25. The molecular formula is C34H33FN6. The van der Waals surface area contributed by atoms with Gasteiger partial charge in [0.15, 0.2) is 5.65 Å². The summed E-state index contributed by atoms with van der Waals surface area (Å²) in [7, 11) is 0. The molecule has 3 N–H and O–H groups in total. The molecule has 1 saturated carbocycles. The van der Waals surface area contributed by atoms with E-state index in [1.165, 1.54) is 44.2 Å². The van der Waals surface area contributed by atoms with Gasteiger partial charge in [-0.3, -0.25) is 10.1 Å². The summed E-state index contributed by atoms with van der Waals surface area (Å²) >= 11 is 0. The highest BCUT2D eigenvalue weighted by Gasteiger charge is 2.18. The third kappa shape index (κ3) is 5.35. The van der Waals surface area contributed by atoms with Gasteiger partial charge in [0.25, 0.3) is 0 Å². The number of aromatic nitrogens is 5. The van der Waals surface area contributed by atoms with Crippen molar-refractivity contribution in [3.63, 3.8) is 0 Å². The van der Waals surface area contributed by atoms with Crippen molar-refractivity contribution in [1.82, 2.24) is 30.5 Å². The van der Waals surface area contributed by atoms with Crippen LogP contribution in [0.25, 0.3) is 50.2 Å². The molecule has 1 aliphatic carbocycles. The summed E-state index contributed by atoms with van der Waals surface area (Å²) in [6.07, 6.45) is 15.8. The lowest BCUT2D eigenvalue weighted by Crippen LogP contribution is -2.20. The molecule has 4 heterocycles. The van der Waals surface area contributed by atoms with Gasteiger partial charge in [-0.25, -0.2) is 9.37 Å². The van der Waals surface area contributed by atoms with Gasteiger partial charge in [0.1, 0.15) is 5.82 Å². The molecule has 206 valence electrons. The van der Waals surface area contributed by atoms with Gasteiger partial charge in [0.2, 0.25) is 0 Å². The Morgan fingerprint density at radius 3 is 2.61 bits per heavy atom. The molecule has 0 atom stereocenters. The minimum atomic E-state index is -0.275. The van der Waals surface area contributed by atoms with Gasteiger partial charge in [-0.15, -0.1) is 0 Å². The lowest BCUT2D eigenvalue weighted by molar-refractivity contribution is 0.393. The van der Waals surface area contributed by atoms with Crippen molar-refractivity contribution in [3.05, 3.63) is 109 Å². The Morgan fingerprint density at radius 1 is 1.05 bits per heavy atom. The highest BCUT2D eigenvalue weighted by Crippen LogP contribution is 2.34. The molecule has 4 aromatic heterocycles. The van der Waals surface area contributed by atoms with Gasteiger partial charge in [-0.1, -0.05) is 38.5 Å². The van der Waals surface area contributed by atoms with Crippen LogP contribution in [-0.2, 0) is 0 Å². The van der Waals surface area contributed by atoms with E-state index in [0.717, 1.165) is 61.5 Å². The fourth-order valence-corrected chi connectivity index (χ4v) is 5.67. The van der Waals surface area contributed by atoms with Crippen LogP contribution in [-0.4, -0.2) is 25.1 Å². The van der Waals surface area contributed by atoms with Crippen molar-refractivity contribution in [2.75, 3.05) is 0 Å². The van der Waals surface area contributed by atoms with Crippen LogP contribution in [0.4, 0.5) is 4.39 Å². The predicted molar refractivity (Wildman–Crippen MR) is 165 cm³/mol. The van der Waals surface area contributed by atoms with Gasteiger partial charge in [0.05, 0.1) is 17.1 Å². The molecule has 5 aromatic rings. The Labute approximate surface area is 238 Å². The standard InChI is InChI=1S/C34H33FN6/c1-4-22(17-27(5-2)38-21(3)23-9-7-6-8-10-23)25-18-29-33(40-41-34(29)37-20-25)31-19-28-30(39-31)15-16-36-32(28)24-11-13-26(35)14-12-24/h4-5,11-20,23,38-39H,2-3,6-10H2,1H3,(H,37,40,41)/b22-4+,27-17+. The molecule has 0 saturated heterocycles. The Morgan fingerprint density at radius 2 is 1.85 bits per heavy atom. The van der Waals surface area contributed by atoms with Crippen molar-refractivity contribution in [1.29, 1.82) is 0 Å². The Bertz CT molecular complexity index is 1800. The number of halogens is 1. The summed E-state index contributed by atoms with van der Waals surface area (Å²) < 4.78 is 13.5. The van der Waals surface area contributed by atoms with E-state index in [0.29, 0.717) is 11.6 Å². The molecule has 6 rings (SSSR count). The first-order valence-corrected chi connectivity index (χ1v) is 14.1. The number of rotatable bonds is 8. The zero-order valence-electron chi connectivity index (χ0n) is 23.2. The van der Waals surface area contributed by atoms with E-state index in [-0.39, 0.29) is 5.82 Å². The third-order valence-corrected chi connectivity index (χ3v) is 7.92. The molecule has 0 bridgehead atoms. The minimum absolute atomic E-state index is 0.275. The second-order valence-corrected chi connectivity index (χ2v) is 10.5. The summed E-state index contributed by atoms with van der Waals surface area (Å²) in [6.45, 7) is 10.4. The van der Waals surface area contributed by atoms with Crippen LogP contribution in [0, 0.1) is 11.7 Å². The van der Waals surface area contributed by atoms with Gasteiger partial charge >= 0.3 is 0 Å². The molecule has 0 aliphatic heterocycles. The second-order valence-electron chi connectivity index (χ2n) is 10.5. The topological polar surface area (TPSA) is 82.3 Å². The van der Waals surface area contributed by atoms with E-state index in [1.54, 1.807) is 18.3 Å². The van der Waals surface area contributed by atoms with Crippen LogP contribution in [0.2, 0.25) is 0 Å². The molecule has 1 aliphatic rings. The molecule has 41 heavy (non-hydrogen) atoms. The van der Waals surface area contributed by atoms with Crippen molar-refractivity contribution < 1.29 is 4.39 Å². The number of hydrogen-bond acceptors (Lipinski definition) is 4. The van der Waals surface area contributed by atoms with Crippen molar-refractivity contribution in [2.24, 2.45) is 5.92 Å². The number of aromatic amines is 2. The summed E-state index contributed by atoms with van der Waals surface area (Å²) in [5.74, 6) is 0.228. The highest BCUT2D eigenvalue weighted by molar-refractivity contribution is 5.99. The monoisotopic (exact) mass is 544 g/mol. The van der Waals surface area contributed by atoms with Crippen molar-refractivity contribution >= 4 is 27.5 Å². The zero-order valence-corrected chi connectivity index (χ0v) is 23.2. The number of nitrogens with zero attached hydrogens (tertiary/aromatic N) is 3. The number of pyridine rings is 2. The summed E-state index contributed by atoms with van der Waals surface area (Å²) in [4.78, 5) is 12.7. The lowest BCUT2D eigenvalue weighted by atomic mass is 9.87. The van der Waals surface area contributed by atoms with Crippen LogP contribution in [0.5, 0.6) is 0 Å². The SMILES string of the molecule is C=C/C(=C\C(=C/C)c1cnc2n[nH]c(-c3cc4c(-c5ccc(F)cc5)nccc4[nH]3)c2c1)NC(=C)C1CCCCC1. The Kier molecular flexibility index (Phi) is 7.33. The number of hydrogen-bond donors (Lipinski definition) is 3. The van der Waals surface area contributed by atoms with Gasteiger partial charge in [-0.2, -0.15) is 5.10 Å². The molecule has 0 spiro atoms. The van der Waals surface area contributed by atoms with E-state index in [9.17, 15) is 4.39 Å². The zero-order chi connectivity index (χ0) is 28.3. The fourth-order valence-electron chi connectivity index (χ4n) is 5.67. The Hall–Kier alpha value is -4.78. The van der Waals surface area contributed by atoms with E-state index in [2.05, 4.69) is 61.8 Å². The van der Waals surface area contributed by atoms with E-state index >= 15 is 0 Å². The maximum atomic E-state index is 13.5. The number of benzene rings is 1. The molecule has 6 nitrogen and oxygen atoms in total. The van der Waals surface area contributed by atoms with E-state index < -0.39 is 0 Å². The highest BCUT2D eigenvalue weighted by atomic mass is 19.1. The van der Waals surface area contributed by atoms with E-state index in [1.807, 2.05) is 31.3 Å². The first kappa shape index (κ1) is 26.4. The molecule has 0 unspecified atom stereocenters. The van der Waals surface area contributed by atoms with Crippen LogP contribution < -0.4 is 5.32 Å². The predicted octanol–water partition coefficient (Wildman–Crippen LogP) is 8.46. The van der Waals surface area contributed by atoms with Crippen LogP contribution >= 0.6 is 0 Å². The summed E-state index contributed by atoms with van der Waals surface area (Å²) in [5, 5.41) is 13.0. The van der Waals surface area contributed by atoms with Crippen LogP contribution in [0.1, 0.15) is 44.6 Å². The molecule has 0 radical (unpaired) electrons. The van der Waals surface area contributed by atoms with Gasteiger partial charge in [-0.05, 0) is 85.9 Å². The van der Waals surface area contributed by atoms with Gasteiger partial charge < -0.3 is 10.3 Å².